The molecule has 0 radical (unpaired) electrons. The quantitative estimate of drug-likeness (QED) is 0.757. The van der Waals surface area contributed by atoms with E-state index in [0.717, 1.165) is 6.08 Å². The highest BCUT2D eigenvalue weighted by molar-refractivity contribution is 7.92. The lowest BCUT2D eigenvalue weighted by molar-refractivity contribution is -0.131. The average Bonchev–Trinajstić information content (AvgIpc) is 2.78. The van der Waals surface area contributed by atoms with Crippen LogP contribution in [0.4, 0.5) is 5.69 Å². The molecule has 2 N–H and O–H groups in total. The van der Waals surface area contributed by atoms with E-state index in [1.54, 1.807) is 31.6 Å². The number of carboxylic acids is 1. The van der Waals surface area contributed by atoms with Gasteiger partial charge in [0, 0.05) is 13.1 Å². The van der Waals surface area contributed by atoms with Crippen molar-refractivity contribution in [3.63, 3.8) is 0 Å². The molecule has 1 aromatic carbocycles. The van der Waals surface area contributed by atoms with Crippen molar-refractivity contribution >= 4 is 27.8 Å². The molecule has 2 rings (SSSR count). The third-order valence-electron chi connectivity index (χ3n) is 3.64. The lowest BCUT2D eigenvalue weighted by atomic mass is 10.2. The number of carbonyl (C=O) groups is 1. The van der Waals surface area contributed by atoms with Crippen LogP contribution in [0.2, 0.25) is 0 Å². The fourth-order valence-electron chi connectivity index (χ4n) is 2.29. The van der Waals surface area contributed by atoms with Crippen LogP contribution in [0, 0.1) is 13.8 Å². The molecule has 0 unspecified atom stereocenters. The highest BCUT2D eigenvalue weighted by Crippen LogP contribution is 2.29. The van der Waals surface area contributed by atoms with Gasteiger partial charge in [-0.05, 0) is 37.6 Å². The number of hydrogen-bond acceptors (Lipinski definition) is 5. The van der Waals surface area contributed by atoms with Crippen molar-refractivity contribution in [3.8, 4) is 5.75 Å². The predicted octanol–water partition coefficient (Wildman–Crippen LogP) is 1.94. The molecule has 0 saturated carbocycles. The molecule has 0 aliphatic heterocycles. The normalized spacial score (nSPS) is 11.7. The molecule has 0 bridgehead atoms. The number of hydrogen-bond donors (Lipinski definition) is 2. The maximum absolute atomic E-state index is 12.8. The Bertz CT molecular complexity index is 945. The van der Waals surface area contributed by atoms with E-state index in [1.807, 2.05) is 0 Å². The maximum Gasteiger partial charge on any atom is 0.328 e. The number of benzene rings is 1. The monoisotopic (exact) mass is 365 g/mol. The van der Waals surface area contributed by atoms with E-state index in [4.69, 9.17) is 9.84 Å². The molecule has 134 valence electrons. The lowest BCUT2D eigenvalue weighted by Crippen LogP contribution is -2.15. The van der Waals surface area contributed by atoms with Gasteiger partial charge in [0.05, 0.1) is 24.2 Å². The molecule has 0 aliphatic carbocycles. The van der Waals surface area contributed by atoms with Gasteiger partial charge in [0.1, 0.15) is 10.6 Å². The van der Waals surface area contributed by atoms with Gasteiger partial charge in [-0.15, -0.1) is 0 Å². The summed E-state index contributed by atoms with van der Waals surface area (Å²) in [6.07, 6.45) is 2.24. The summed E-state index contributed by atoms with van der Waals surface area (Å²) in [5.41, 5.74) is 2.03. The van der Waals surface area contributed by atoms with Gasteiger partial charge in [-0.3, -0.25) is 9.40 Å². The second-order valence-electron chi connectivity index (χ2n) is 5.36. The second-order valence-corrected chi connectivity index (χ2v) is 7.01. The highest BCUT2D eigenvalue weighted by Gasteiger charge is 2.23. The number of methoxy groups -OCH3 is 1. The van der Waals surface area contributed by atoms with E-state index >= 15 is 0 Å². The van der Waals surface area contributed by atoms with Crippen molar-refractivity contribution in [1.29, 1.82) is 0 Å². The van der Waals surface area contributed by atoms with Gasteiger partial charge in [0.2, 0.25) is 0 Å². The molecule has 0 saturated heterocycles. The molecule has 1 aromatic heterocycles. The molecule has 0 amide bonds. The van der Waals surface area contributed by atoms with Gasteiger partial charge in [-0.25, -0.2) is 13.2 Å². The Labute approximate surface area is 145 Å². The van der Waals surface area contributed by atoms with E-state index in [-0.39, 0.29) is 10.6 Å². The molecule has 2 aromatic rings. The van der Waals surface area contributed by atoms with Crippen molar-refractivity contribution in [2.24, 2.45) is 7.05 Å². The zero-order valence-corrected chi connectivity index (χ0v) is 15.1. The molecule has 1 heterocycles. The molecule has 0 spiro atoms. The number of carboxylic acid groups (broad SMARTS) is 1. The Hall–Kier alpha value is -2.81. The molecule has 25 heavy (non-hydrogen) atoms. The number of aryl methyl sites for hydroxylation is 2. The van der Waals surface area contributed by atoms with Gasteiger partial charge in [-0.2, -0.15) is 5.10 Å². The van der Waals surface area contributed by atoms with Gasteiger partial charge in [-0.1, -0.05) is 6.07 Å². The topological polar surface area (TPSA) is 111 Å². The Morgan fingerprint density at radius 1 is 1.36 bits per heavy atom. The van der Waals surface area contributed by atoms with Crippen molar-refractivity contribution in [3.05, 3.63) is 41.2 Å². The van der Waals surface area contributed by atoms with Crippen molar-refractivity contribution < 1.29 is 23.1 Å². The number of aliphatic carboxylic acids is 1. The smallest absolute Gasteiger partial charge is 0.328 e. The fourth-order valence-corrected chi connectivity index (χ4v) is 3.67. The number of nitrogens with one attached hydrogen (secondary N) is 1. The molecule has 9 heteroatoms. The van der Waals surface area contributed by atoms with Crippen LogP contribution in [-0.2, 0) is 21.9 Å². The second kappa shape index (κ2) is 6.98. The number of anilines is 1. The first-order valence-electron chi connectivity index (χ1n) is 7.27. The van der Waals surface area contributed by atoms with Crippen LogP contribution in [-0.4, -0.2) is 36.4 Å². The van der Waals surface area contributed by atoms with Crippen LogP contribution >= 0.6 is 0 Å². The summed E-state index contributed by atoms with van der Waals surface area (Å²) < 4.78 is 34.9. The summed E-state index contributed by atoms with van der Waals surface area (Å²) >= 11 is 0. The van der Waals surface area contributed by atoms with E-state index in [0.29, 0.717) is 22.6 Å². The van der Waals surface area contributed by atoms with E-state index in [2.05, 4.69) is 9.82 Å². The Kier molecular flexibility index (Phi) is 5.17. The minimum atomic E-state index is -3.96. The fraction of sp³-hybridized carbons (Fsp3) is 0.250. The zero-order valence-electron chi connectivity index (χ0n) is 14.3. The van der Waals surface area contributed by atoms with Crippen LogP contribution in [0.1, 0.15) is 17.0 Å². The summed E-state index contributed by atoms with van der Waals surface area (Å²) in [5, 5.41) is 12.9. The largest absolute Gasteiger partial charge is 0.495 e. The molecular formula is C16H19N3O5S. The predicted molar refractivity (Wildman–Crippen MR) is 93.2 cm³/mol. The minimum absolute atomic E-state index is 0.0924. The first kappa shape index (κ1) is 18.5. The summed E-state index contributed by atoms with van der Waals surface area (Å²) in [4.78, 5) is 10.6. The molecule has 0 fully saturated rings. The molecule has 8 nitrogen and oxygen atoms in total. The van der Waals surface area contributed by atoms with Crippen LogP contribution in [0.15, 0.2) is 29.2 Å². The Balaban J connectivity index is 2.50. The number of sulfonamides is 1. The molecule has 0 atom stereocenters. The third kappa shape index (κ3) is 4.00. The molecule has 0 aliphatic rings. The standard InChI is InChI=1S/C16H19N3O5S/c1-10-16(11(2)19(3)17-10)18-25(22,23)14-9-12(6-8-15(20)21)5-7-13(14)24-4/h5-9,18H,1-4H3,(H,20,21)/b8-6+. The Morgan fingerprint density at radius 2 is 2.04 bits per heavy atom. The summed E-state index contributed by atoms with van der Waals surface area (Å²) in [6.45, 7) is 3.45. The molecular weight excluding hydrogens is 346 g/mol. The van der Waals surface area contributed by atoms with Crippen LogP contribution in [0.3, 0.4) is 0 Å². The van der Waals surface area contributed by atoms with Gasteiger partial charge < -0.3 is 9.84 Å². The van der Waals surface area contributed by atoms with E-state index < -0.39 is 16.0 Å². The van der Waals surface area contributed by atoms with Gasteiger partial charge in [0.15, 0.2) is 0 Å². The Morgan fingerprint density at radius 3 is 2.56 bits per heavy atom. The van der Waals surface area contributed by atoms with Crippen LogP contribution in [0.25, 0.3) is 6.08 Å². The first-order valence-corrected chi connectivity index (χ1v) is 8.76. The number of ether oxygens (including phenoxy) is 1. The van der Waals surface area contributed by atoms with E-state index in [9.17, 15) is 13.2 Å². The SMILES string of the molecule is COc1ccc(/C=C/C(=O)O)cc1S(=O)(=O)Nc1c(C)nn(C)c1C. The van der Waals surface area contributed by atoms with Crippen molar-refractivity contribution in [2.45, 2.75) is 18.7 Å². The number of nitrogens with zero attached hydrogens (tertiary/aromatic N) is 2. The van der Waals surface area contributed by atoms with Gasteiger partial charge in [0.25, 0.3) is 10.0 Å². The minimum Gasteiger partial charge on any atom is -0.495 e. The van der Waals surface area contributed by atoms with Crippen molar-refractivity contribution in [1.82, 2.24) is 9.78 Å². The third-order valence-corrected chi connectivity index (χ3v) is 5.01. The highest BCUT2D eigenvalue weighted by atomic mass is 32.2. The maximum atomic E-state index is 12.8. The first-order chi connectivity index (χ1) is 11.7. The van der Waals surface area contributed by atoms with Crippen molar-refractivity contribution in [2.75, 3.05) is 11.8 Å². The summed E-state index contributed by atoms with van der Waals surface area (Å²) in [5.74, 6) is -0.973. The summed E-state index contributed by atoms with van der Waals surface area (Å²) in [6, 6.07) is 4.39. The lowest BCUT2D eigenvalue weighted by Gasteiger charge is -2.12. The van der Waals surface area contributed by atoms with Crippen LogP contribution in [0.5, 0.6) is 5.75 Å². The zero-order chi connectivity index (χ0) is 18.8. The summed E-state index contributed by atoms with van der Waals surface area (Å²) in [7, 11) is -0.875. The van der Waals surface area contributed by atoms with Gasteiger partial charge >= 0.3 is 5.97 Å². The van der Waals surface area contributed by atoms with Crippen LogP contribution < -0.4 is 9.46 Å². The average molecular weight is 365 g/mol. The van der Waals surface area contributed by atoms with E-state index in [1.165, 1.54) is 25.3 Å². The number of aromatic nitrogens is 2. The number of rotatable bonds is 6.